The zero-order valence-electron chi connectivity index (χ0n) is 11.4. The van der Waals surface area contributed by atoms with Gasteiger partial charge in [0.2, 0.25) is 0 Å². The van der Waals surface area contributed by atoms with Crippen molar-refractivity contribution in [1.29, 1.82) is 0 Å². The first kappa shape index (κ1) is 14.5. The van der Waals surface area contributed by atoms with Crippen LogP contribution < -0.4 is 4.72 Å². The van der Waals surface area contributed by atoms with Gasteiger partial charge in [0.15, 0.2) is 0 Å². The third kappa shape index (κ3) is 4.02. The molecule has 1 fully saturated rings. The average Bonchev–Trinajstić information content (AvgIpc) is 2.81. The first-order chi connectivity index (χ1) is 9.09. The fourth-order valence-corrected chi connectivity index (χ4v) is 3.63. The van der Waals surface area contributed by atoms with Gasteiger partial charge in [-0.25, -0.2) is 4.72 Å². The van der Waals surface area contributed by atoms with Crippen LogP contribution in [0.5, 0.6) is 0 Å². The Kier molecular flexibility index (Phi) is 4.95. The summed E-state index contributed by atoms with van der Waals surface area (Å²) in [6, 6.07) is 0. The minimum atomic E-state index is -3.27. The Morgan fingerprint density at radius 1 is 1.37 bits per heavy atom. The van der Waals surface area contributed by atoms with E-state index >= 15 is 0 Å². The maximum atomic E-state index is 12.0. The van der Waals surface area contributed by atoms with Crippen LogP contribution >= 0.6 is 0 Å². The number of hydrogen-bond acceptors (Lipinski definition) is 3. The first-order valence-electron chi connectivity index (χ1n) is 6.83. The SMILES string of the molecule is Cc1[nH]ncc1CCCNS(=O)(=O)N1CCCCC1. The zero-order valence-corrected chi connectivity index (χ0v) is 12.2. The molecule has 1 aliphatic rings. The lowest BCUT2D eigenvalue weighted by Crippen LogP contribution is -2.43. The number of piperidine rings is 1. The lowest BCUT2D eigenvalue weighted by molar-refractivity contribution is 0.341. The van der Waals surface area contributed by atoms with Crippen molar-refractivity contribution in [2.45, 2.75) is 39.0 Å². The number of nitrogens with one attached hydrogen (secondary N) is 2. The van der Waals surface area contributed by atoms with Crippen molar-refractivity contribution in [2.24, 2.45) is 0 Å². The minimum absolute atomic E-state index is 0.476. The highest BCUT2D eigenvalue weighted by Gasteiger charge is 2.22. The summed E-state index contributed by atoms with van der Waals surface area (Å²) in [6.07, 6.45) is 6.49. The highest BCUT2D eigenvalue weighted by atomic mass is 32.2. The minimum Gasteiger partial charge on any atom is -0.283 e. The van der Waals surface area contributed by atoms with Gasteiger partial charge in [0.05, 0.1) is 6.20 Å². The maximum absolute atomic E-state index is 12.0. The van der Waals surface area contributed by atoms with Crippen LogP contribution in [-0.2, 0) is 16.6 Å². The van der Waals surface area contributed by atoms with Crippen molar-refractivity contribution in [3.8, 4) is 0 Å². The van der Waals surface area contributed by atoms with Gasteiger partial charge in [0.1, 0.15) is 0 Å². The van der Waals surface area contributed by atoms with E-state index in [2.05, 4.69) is 14.9 Å². The number of hydrogen-bond donors (Lipinski definition) is 2. The van der Waals surface area contributed by atoms with Gasteiger partial charge >= 0.3 is 0 Å². The van der Waals surface area contributed by atoms with Crippen molar-refractivity contribution >= 4 is 10.2 Å². The molecule has 2 rings (SSSR count). The van der Waals surface area contributed by atoms with Crippen LogP contribution in [0.4, 0.5) is 0 Å². The van der Waals surface area contributed by atoms with E-state index in [1.165, 1.54) is 0 Å². The quantitative estimate of drug-likeness (QED) is 0.765. The molecule has 0 amide bonds. The molecule has 0 radical (unpaired) electrons. The molecular formula is C12H22N4O2S. The van der Waals surface area contributed by atoms with E-state index in [0.717, 1.165) is 43.4 Å². The normalized spacial score (nSPS) is 17.7. The summed E-state index contributed by atoms with van der Waals surface area (Å²) in [4.78, 5) is 0. The van der Waals surface area contributed by atoms with Crippen LogP contribution in [0.25, 0.3) is 0 Å². The molecule has 1 aromatic heterocycles. The van der Waals surface area contributed by atoms with Crippen LogP contribution in [0.2, 0.25) is 0 Å². The molecule has 7 heteroatoms. The van der Waals surface area contributed by atoms with Crippen molar-refractivity contribution < 1.29 is 8.42 Å². The van der Waals surface area contributed by atoms with Crippen molar-refractivity contribution in [1.82, 2.24) is 19.2 Å². The number of rotatable bonds is 6. The highest BCUT2D eigenvalue weighted by molar-refractivity contribution is 7.87. The Bertz CT molecular complexity index is 492. The molecule has 0 spiro atoms. The van der Waals surface area contributed by atoms with Gasteiger partial charge in [0, 0.05) is 25.3 Å². The smallest absolute Gasteiger partial charge is 0.279 e. The largest absolute Gasteiger partial charge is 0.283 e. The second-order valence-electron chi connectivity index (χ2n) is 4.98. The molecule has 0 atom stereocenters. The van der Waals surface area contributed by atoms with Gasteiger partial charge in [-0.2, -0.15) is 17.8 Å². The Morgan fingerprint density at radius 2 is 2.11 bits per heavy atom. The number of aryl methyl sites for hydroxylation is 2. The van der Waals surface area contributed by atoms with Crippen LogP contribution in [0.1, 0.15) is 36.9 Å². The molecule has 2 heterocycles. The van der Waals surface area contributed by atoms with Crippen molar-refractivity contribution in [2.75, 3.05) is 19.6 Å². The van der Waals surface area contributed by atoms with Crippen LogP contribution in [0, 0.1) is 6.92 Å². The molecule has 0 unspecified atom stereocenters. The van der Waals surface area contributed by atoms with Gasteiger partial charge in [-0.15, -0.1) is 0 Å². The van der Waals surface area contributed by atoms with E-state index in [1.807, 2.05) is 6.92 Å². The number of aromatic amines is 1. The molecule has 19 heavy (non-hydrogen) atoms. The molecule has 0 aliphatic carbocycles. The molecule has 1 aliphatic heterocycles. The van der Waals surface area contributed by atoms with Crippen LogP contribution in [-0.4, -0.2) is 42.6 Å². The van der Waals surface area contributed by atoms with Gasteiger partial charge in [0.25, 0.3) is 10.2 Å². The summed E-state index contributed by atoms with van der Waals surface area (Å²) in [5.74, 6) is 0. The Balaban J connectivity index is 1.74. The second-order valence-corrected chi connectivity index (χ2v) is 6.74. The third-order valence-corrected chi connectivity index (χ3v) is 5.11. The van der Waals surface area contributed by atoms with Crippen molar-refractivity contribution in [3.05, 3.63) is 17.5 Å². The number of H-pyrrole nitrogens is 1. The van der Waals surface area contributed by atoms with E-state index in [9.17, 15) is 8.42 Å². The van der Waals surface area contributed by atoms with E-state index in [1.54, 1.807) is 10.5 Å². The Hall–Kier alpha value is -0.920. The van der Waals surface area contributed by atoms with Crippen LogP contribution in [0.15, 0.2) is 6.20 Å². The Morgan fingerprint density at radius 3 is 2.74 bits per heavy atom. The lowest BCUT2D eigenvalue weighted by Gasteiger charge is -2.25. The van der Waals surface area contributed by atoms with Gasteiger partial charge in [-0.05, 0) is 38.2 Å². The lowest BCUT2D eigenvalue weighted by atomic mass is 10.1. The zero-order chi connectivity index (χ0) is 13.7. The highest BCUT2D eigenvalue weighted by Crippen LogP contribution is 2.12. The summed E-state index contributed by atoms with van der Waals surface area (Å²) < 4.78 is 28.3. The Labute approximate surface area is 114 Å². The number of nitrogens with zero attached hydrogens (tertiary/aromatic N) is 2. The monoisotopic (exact) mass is 286 g/mol. The third-order valence-electron chi connectivity index (χ3n) is 3.50. The molecule has 0 saturated carbocycles. The molecule has 0 bridgehead atoms. The fraction of sp³-hybridized carbons (Fsp3) is 0.750. The topological polar surface area (TPSA) is 78.1 Å². The average molecular weight is 286 g/mol. The maximum Gasteiger partial charge on any atom is 0.279 e. The van der Waals surface area contributed by atoms with Crippen LogP contribution in [0.3, 0.4) is 0 Å². The van der Waals surface area contributed by atoms with E-state index in [0.29, 0.717) is 19.6 Å². The summed E-state index contributed by atoms with van der Waals surface area (Å²) in [5, 5.41) is 6.83. The van der Waals surface area contributed by atoms with E-state index in [-0.39, 0.29) is 0 Å². The molecular weight excluding hydrogens is 264 g/mol. The summed E-state index contributed by atoms with van der Waals surface area (Å²) in [6.45, 7) is 3.75. The predicted octanol–water partition coefficient (Wildman–Crippen LogP) is 0.971. The van der Waals surface area contributed by atoms with Gasteiger partial charge in [-0.1, -0.05) is 6.42 Å². The first-order valence-corrected chi connectivity index (χ1v) is 8.27. The second kappa shape index (κ2) is 6.49. The molecule has 1 saturated heterocycles. The standard InChI is InChI=1S/C12H22N4O2S/c1-11-12(10-13-15-11)6-5-7-14-19(17,18)16-8-3-2-4-9-16/h10,14H,2-9H2,1H3,(H,13,15). The van der Waals surface area contributed by atoms with Gasteiger partial charge < -0.3 is 0 Å². The summed E-state index contributed by atoms with van der Waals surface area (Å²) in [5.41, 5.74) is 2.20. The van der Waals surface area contributed by atoms with E-state index < -0.39 is 10.2 Å². The van der Waals surface area contributed by atoms with E-state index in [4.69, 9.17) is 0 Å². The van der Waals surface area contributed by atoms with Gasteiger partial charge in [-0.3, -0.25) is 5.10 Å². The summed E-state index contributed by atoms with van der Waals surface area (Å²) in [7, 11) is -3.27. The fourth-order valence-electron chi connectivity index (χ4n) is 2.30. The molecule has 1 aromatic rings. The molecule has 6 nitrogen and oxygen atoms in total. The van der Waals surface area contributed by atoms with Crippen molar-refractivity contribution in [3.63, 3.8) is 0 Å². The molecule has 2 N–H and O–H groups in total. The predicted molar refractivity (Wildman–Crippen MR) is 74.0 cm³/mol. The number of aromatic nitrogens is 2. The molecule has 108 valence electrons. The molecule has 0 aromatic carbocycles. The summed E-state index contributed by atoms with van der Waals surface area (Å²) >= 11 is 0.